The van der Waals surface area contributed by atoms with Gasteiger partial charge < -0.3 is 5.32 Å². The molecular formula is C29H34N6O2S. The summed E-state index contributed by atoms with van der Waals surface area (Å²) in [6.45, 7) is 8.21. The molecule has 8 nitrogen and oxygen atoms in total. The van der Waals surface area contributed by atoms with Crippen molar-refractivity contribution in [1.82, 2.24) is 30.0 Å². The number of hydrogen-bond acceptors (Lipinski definition) is 7. The highest BCUT2D eigenvalue weighted by Crippen LogP contribution is 2.33. The summed E-state index contributed by atoms with van der Waals surface area (Å²) in [5.41, 5.74) is 9.13. The predicted molar refractivity (Wildman–Crippen MR) is 151 cm³/mol. The fourth-order valence-electron chi connectivity index (χ4n) is 5.78. The van der Waals surface area contributed by atoms with Crippen molar-refractivity contribution in [1.29, 1.82) is 0 Å². The summed E-state index contributed by atoms with van der Waals surface area (Å²) in [7, 11) is -2.87. The van der Waals surface area contributed by atoms with E-state index in [-0.39, 0.29) is 11.5 Å². The van der Waals surface area contributed by atoms with Gasteiger partial charge in [-0.1, -0.05) is 36.4 Å². The second-order valence-electron chi connectivity index (χ2n) is 10.5. The Labute approximate surface area is 224 Å². The van der Waals surface area contributed by atoms with E-state index in [1.807, 2.05) is 18.3 Å². The van der Waals surface area contributed by atoms with Crippen molar-refractivity contribution < 1.29 is 8.42 Å². The van der Waals surface area contributed by atoms with E-state index in [9.17, 15) is 8.42 Å². The zero-order chi connectivity index (χ0) is 26.3. The average molecular weight is 531 g/mol. The number of piperidine rings is 1. The largest absolute Gasteiger partial charge is 0.317 e. The second-order valence-corrected chi connectivity index (χ2v) is 12.8. The van der Waals surface area contributed by atoms with Crippen molar-refractivity contribution in [3.8, 4) is 22.4 Å². The van der Waals surface area contributed by atoms with Crippen LogP contribution < -0.4 is 5.32 Å². The highest BCUT2D eigenvalue weighted by Gasteiger charge is 2.23. The summed E-state index contributed by atoms with van der Waals surface area (Å²) >= 11 is 0. The van der Waals surface area contributed by atoms with E-state index in [2.05, 4.69) is 59.1 Å². The van der Waals surface area contributed by atoms with Crippen molar-refractivity contribution in [3.63, 3.8) is 0 Å². The third-order valence-corrected chi connectivity index (χ3v) is 9.53. The number of aryl methyl sites for hydroxylation is 1. The van der Waals surface area contributed by atoms with Crippen LogP contribution >= 0.6 is 0 Å². The fraction of sp³-hybridized carbons (Fsp3) is 0.414. The Hall–Kier alpha value is -3.14. The molecule has 2 aliphatic rings. The van der Waals surface area contributed by atoms with Crippen molar-refractivity contribution >= 4 is 20.9 Å². The Bertz CT molecular complexity index is 1560. The van der Waals surface area contributed by atoms with Crippen LogP contribution in [-0.2, 0) is 16.4 Å². The number of fused-ring (bicyclic) bond motifs is 1. The van der Waals surface area contributed by atoms with Gasteiger partial charge >= 0.3 is 0 Å². The lowest BCUT2D eigenvalue weighted by Crippen LogP contribution is -2.39. The minimum atomic E-state index is -2.87. The summed E-state index contributed by atoms with van der Waals surface area (Å²) in [5, 5.41) is 8.36. The number of rotatable bonds is 5. The molecular weight excluding hydrogens is 496 g/mol. The van der Waals surface area contributed by atoms with Gasteiger partial charge in [-0.3, -0.25) is 14.6 Å². The van der Waals surface area contributed by atoms with E-state index in [1.54, 1.807) is 0 Å². The summed E-state index contributed by atoms with van der Waals surface area (Å²) < 4.78 is 25.7. The number of para-hydroxylation sites is 1. The molecule has 0 spiro atoms. The maximum Gasteiger partial charge on any atom is 0.152 e. The van der Waals surface area contributed by atoms with E-state index in [0.29, 0.717) is 19.1 Å². The topological polar surface area (TPSA) is 93.0 Å². The standard InChI is InChI=1S/C29H34N6O2S/c1-20-28(21(2)35(33-20)24-10-12-30-13-11-24)27-18-31-26-5-3-4-25(29(26)32-27)23-8-6-22(7-9-23)19-34-14-16-38(36,37)17-15-34/h3-9,18,24,30H,10-17,19H2,1-2H3. The summed E-state index contributed by atoms with van der Waals surface area (Å²) in [5.74, 6) is 0.496. The van der Waals surface area contributed by atoms with E-state index in [0.717, 1.165) is 77.3 Å². The number of hydrogen-bond donors (Lipinski definition) is 1. The zero-order valence-electron chi connectivity index (χ0n) is 22.0. The van der Waals surface area contributed by atoms with Crippen LogP contribution in [0.3, 0.4) is 0 Å². The van der Waals surface area contributed by atoms with Crippen LogP contribution in [0.25, 0.3) is 33.4 Å². The molecule has 4 heterocycles. The highest BCUT2D eigenvalue weighted by atomic mass is 32.2. The van der Waals surface area contributed by atoms with E-state index < -0.39 is 9.84 Å². The van der Waals surface area contributed by atoms with Gasteiger partial charge in [-0.2, -0.15) is 5.10 Å². The minimum Gasteiger partial charge on any atom is -0.317 e. The van der Waals surface area contributed by atoms with Crippen LogP contribution in [0.1, 0.15) is 35.8 Å². The molecule has 0 atom stereocenters. The van der Waals surface area contributed by atoms with Gasteiger partial charge in [0.05, 0.1) is 46.2 Å². The van der Waals surface area contributed by atoms with Gasteiger partial charge in [0.2, 0.25) is 0 Å². The predicted octanol–water partition coefficient (Wildman–Crippen LogP) is 3.93. The Morgan fingerprint density at radius 1 is 1.00 bits per heavy atom. The van der Waals surface area contributed by atoms with Crippen LogP contribution in [0.5, 0.6) is 0 Å². The lowest BCUT2D eigenvalue weighted by Gasteiger charge is -2.26. The molecule has 6 rings (SSSR count). The first-order valence-electron chi connectivity index (χ1n) is 13.4. The number of sulfone groups is 1. The molecule has 2 aromatic heterocycles. The Morgan fingerprint density at radius 3 is 2.47 bits per heavy atom. The fourth-order valence-corrected chi connectivity index (χ4v) is 7.06. The second kappa shape index (κ2) is 10.2. The Kier molecular flexibility index (Phi) is 6.75. The third kappa shape index (κ3) is 4.98. The minimum absolute atomic E-state index is 0.248. The number of nitrogens with one attached hydrogen (secondary N) is 1. The lowest BCUT2D eigenvalue weighted by molar-refractivity contribution is 0.287. The Balaban J connectivity index is 1.30. The van der Waals surface area contributed by atoms with Crippen LogP contribution in [-0.4, -0.2) is 70.8 Å². The monoisotopic (exact) mass is 530 g/mol. The molecule has 9 heteroatoms. The van der Waals surface area contributed by atoms with E-state index in [1.165, 1.54) is 5.56 Å². The first-order chi connectivity index (χ1) is 18.4. The lowest BCUT2D eigenvalue weighted by atomic mass is 10.0. The van der Waals surface area contributed by atoms with E-state index in [4.69, 9.17) is 15.1 Å². The molecule has 198 valence electrons. The van der Waals surface area contributed by atoms with Gasteiger partial charge in [0.15, 0.2) is 9.84 Å². The summed E-state index contributed by atoms with van der Waals surface area (Å²) in [4.78, 5) is 12.1. The molecule has 0 radical (unpaired) electrons. The van der Waals surface area contributed by atoms with Gasteiger partial charge in [-0.15, -0.1) is 0 Å². The van der Waals surface area contributed by atoms with Crippen LogP contribution in [0.15, 0.2) is 48.7 Å². The number of benzene rings is 2. The van der Waals surface area contributed by atoms with Gasteiger partial charge in [0.25, 0.3) is 0 Å². The molecule has 2 aromatic carbocycles. The smallest absolute Gasteiger partial charge is 0.152 e. The quantitative estimate of drug-likeness (QED) is 0.418. The molecule has 1 N–H and O–H groups in total. The van der Waals surface area contributed by atoms with Crippen molar-refractivity contribution in [2.75, 3.05) is 37.7 Å². The van der Waals surface area contributed by atoms with Gasteiger partial charge in [-0.25, -0.2) is 13.4 Å². The SMILES string of the molecule is Cc1nn(C2CCNCC2)c(C)c1-c1cnc2cccc(-c3ccc(CN4CCS(=O)(=O)CC4)cc3)c2n1. The third-order valence-electron chi connectivity index (χ3n) is 7.92. The molecule has 2 aliphatic heterocycles. The number of nitrogens with zero attached hydrogens (tertiary/aromatic N) is 5. The molecule has 0 amide bonds. The van der Waals surface area contributed by atoms with Crippen LogP contribution in [0.2, 0.25) is 0 Å². The molecule has 0 bridgehead atoms. The maximum absolute atomic E-state index is 11.7. The molecule has 38 heavy (non-hydrogen) atoms. The van der Waals surface area contributed by atoms with Crippen LogP contribution in [0, 0.1) is 13.8 Å². The summed E-state index contributed by atoms with van der Waals surface area (Å²) in [6.07, 6.45) is 4.04. The zero-order valence-corrected chi connectivity index (χ0v) is 22.8. The highest BCUT2D eigenvalue weighted by molar-refractivity contribution is 7.91. The van der Waals surface area contributed by atoms with Crippen molar-refractivity contribution in [2.45, 2.75) is 39.3 Å². The van der Waals surface area contributed by atoms with Crippen molar-refractivity contribution in [3.05, 3.63) is 65.6 Å². The summed E-state index contributed by atoms with van der Waals surface area (Å²) in [6, 6.07) is 15.1. The first kappa shape index (κ1) is 25.2. The van der Waals surface area contributed by atoms with Gasteiger partial charge in [0.1, 0.15) is 0 Å². The van der Waals surface area contributed by atoms with Gasteiger partial charge in [0, 0.05) is 36.5 Å². The Morgan fingerprint density at radius 2 is 1.74 bits per heavy atom. The molecule has 2 saturated heterocycles. The van der Waals surface area contributed by atoms with Crippen LogP contribution in [0.4, 0.5) is 0 Å². The first-order valence-corrected chi connectivity index (χ1v) is 15.2. The van der Waals surface area contributed by atoms with E-state index >= 15 is 0 Å². The molecule has 0 aliphatic carbocycles. The molecule has 0 unspecified atom stereocenters. The maximum atomic E-state index is 11.7. The molecule has 4 aromatic rings. The van der Waals surface area contributed by atoms with Crippen molar-refractivity contribution in [2.24, 2.45) is 0 Å². The number of aromatic nitrogens is 4. The molecule has 2 fully saturated rings. The molecule has 0 saturated carbocycles. The van der Waals surface area contributed by atoms with Gasteiger partial charge in [-0.05, 0) is 57.0 Å². The normalized spacial score (nSPS) is 18.7. The average Bonchev–Trinajstić information content (AvgIpc) is 3.23.